The minimum absolute atomic E-state index is 0.337. The summed E-state index contributed by atoms with van der Waals surface area (Å²) in [6.45, 7) is 2.01. The molecule has 19 heavy (non-hydrogen) atoms. The van der Waals surface area contributed by atoms with Crippen LogP contribution in [0.4, 0.5) is 11.5 Å². The average molecular weight is 254 g/mol. The fourth-order valence-corrected chi connectivity index (χ4v) is 1.78. The first-order valence-corrected chi connectivity index (χ1v) is 5.76. The van der Waals surface area contributed by atoms with E-state index in [1.807, 2.05) is 43.1 Å². The van der Waals surface area contributed by atoms with E-state index in [0.717, 1.165) is 17.0 Å². The lowest BCUT2D eigenvalue weighted by molar-refractivity contribution is 0.415. The highest BCUT2D eigenvalue weighted by atomic mass is 16.5. The number of hydrogen-bond acceptors (Lipinski definition) is 5. The third-order valence-corrected chi connectivity index (χ3v) is 2.81. The van der Waals surface area contributed by atoms with Gasteiger partial charge in [-0.05, 0) is 24.6 Å². The Balaban J connectivity index is 2.46. The smallest absolute Gasteiger partial charge is 0.145 e. The lowest BCUT2D eigenvalue weighted by atomic mass is 10.2. The number of rotatable bonds is 3. The maximum absolute atomic E-state index is 8.88. The molecule has 1 aromatic heterocycles. The predicted molar refractivity (Wildman–Crippen MR) is 72.5 cm³/mol. The van der Waals surface area contributed by atoms with Crippen molar-refractivity contribution in [3.8, 4) is 11.8 Å². The number of hydrogen-bond donors (Lipinski definition) is 0. The second-order valence-electron chi connectivity index (χ2n) is 4.11. The Morgan fingerprint density at radius 3 is 2.74 bits per heavy atom. The van der Waals surface area contributed by atoms with Gasteiger partial charge in [-0.15, -0.1) is 0 Å². The number of methoxy groups -OCH3 is 1. The zero-order valence-electron chi connectivity index (χ0n) is 11.1. The summed E-state index contributed by atoms with van der Waals surface area (Å²) in [4.78, 5) is 9.91. The van der Waals surface area contributed by atoms with Gasteiger partial charge in [0.15, 0.2) is 0 Å². The van der Waals surface area contributed by atoms with Crippen molar-refractivity contribution in [3.05, 3.63) is 41.9 Å². The van der Waals surface area contributed by atoms with Gasteiger partial charge < -0.3 is 9.64 Å². The molecule has 5 heteroatoms. The number of aromatic nitrogens is 2. The molecule has 0 aliphatic heterocycles. The molecule has 0 unspecified atom stereocenters. The van der Waals surface area contributed by atoms with Gasteiger partial charge in [0.1, 0.15) is 29.7 Å². The maximum Gasteiger partial charge on any atom is 0.145 e. The standard InChI is InChI=1S/C14H14N4O/c1-10-4-5-13(19-3)12(6-10)18(2)14-7-11(8-15)16-9-17-14/h4-7,9H,1-3H3. The minimum atomic E-state index is 0.337. The number of ether oxygens (including phenoxy) is 1. The summed E-state index contributed by atoms with van der Waals surface area (Å²) >= 11 is 0. The van der Waals surface area contributed by atoms with E-state index in [9.17, 15) is 0 Å². The Labute approximate surface area is 112 Å². The first kappa shape index (κ1) is 12.8. The first-order chi connectivity index (χ1) is 9.15. The van der Waals surface area contributed by atoms with E-state index in [2.05, 4.69) is 9.97 Å². The summed E-state index contributed by atoms with van der Waals surface area (Å²) in [6, 6.07) is 9.55. The van der Waals surface area contributed by atoms with Crippen LogP contribution in [0.2, 0.25) is 0 Å². The third kappa shape index (κ3) is 2.63. The van der Waals surface area contributed by atoms with Crippen LogP contribution in [0, 0.1) is 18.3 Å². The van der Waals surface area contributed by atoms with Gasteiger partial charge in [0, 0.05) is 13.1 Å². The highest BCUT2D eigenvalue weighted by Crippen LogP contribution is 2.32. The van der Waals surface area contributed by atoms with E-state index in [-0.39, 0.29) is 0 Å². The fraction of sp³-hybridized carbons (Fsp3) is 0.214. The van der Waals surface area contributed by atoms with Crippen LogP contribution in [0.5, 0.6) is 5.75 Å². The number of nitriles is 1. The summed E-state index contributed by atoms with van der Waals surface area (Å²) < 4.78 is 5.35. The zero-order valence-corrected chi connectivity index (χ0v) is 11.1. The van der Waals surface area contributed by atoms with Crippen LogP contribution in [0.15, 0.2) is 30.6 Å². The van der Waals surface area contributed by atoms with E-state index in [1.54, 1.807) is 13.2 Å². The van der Waals surface area contributed by atoms with Crippen LogP contribution in [0.3, 0.4) is 0 Å². The lowest BCUT2D eigenvalue weighted by Crippen LogP contribution is -2.13. The van der Waals surface area contributed by atoms with Gasteiger partial charge in [-0.2, -0.15) is 5.26 Å². The Morgan fingerprint density at radius 1 is 1.26 bits per heavy atom. The summed E-state index contributed by atoms with van der Waals surface area (Å²) in [5, 5.41) is 8.88. The van der Waals surface area contributed by atoms with Gasteiger partial charge in [-0.1, -0.05) is 6.07 Å². The molecule has 0 spiro atoms. The van der Waals surface area contributed by atoms with Gasteiger partial charge in [-0.3, -0.25) is 0 Å². The zero-order chi connectivity index (χ0) is 13.8. The molecule has 1 aromatic carbocycles. The summed E-state index contributed by atoms with van der Waals surface area (Å²) in [5.41, 5.74) is 2.35. The van der Waals surface area contributed by atoms with Crippen molar-refractivity contribution in [1.29, 1.82) is 5.26 Å². The Hall–Kier alpha value is -2.61. The summed E-state index contributed by atoms with van der Waals surface area (Å²) in [6.07, 6.45) is 1.38. The monoisotopic (exact) mass is 254 g/mol. The topological polar surface area (TPSA) is 62.0 Å². The Bertz CT molecular complexity index is 634. The predicted octanol–water partition coefficient (Wildman–Crippen LogP) is 2.43. The first-order valence-electron chi connectivity index (χ1n) is 5.76. The molecule has 0 saturated heterocycles. The van der Waals surface area contributed by atoms with E-state index in [1.165, 1.54) is 6.33 Å². The van der Waals surface area contributed by atoms with E-state index < -0.39 is 0 Å². The summed E-state index contributed by atoms with van der Waals surface area (Å²) in [5.74, 6) is 1.40. The molecule has 1 heterocycles. The molecule has 96 valence electrons. The molecule has 0 N–H and O–H groups in total. The van der Waals surface area contributed by atoms with Crippen LogP contribution in [-0.2, 0) is 0 Å². The van der Waals surface area contributed by atoms with Crippen LogP contribution >= 0.6 is 0 Å². The highest BCUT2D eigenvalue weighted by Gasteiger charge is 2.12. The molecule has 0 amide bonds. The van der Waals surface area contributed by atoms with Crippen molar-refractivity contribution in [2.24, 2.45) is 0 Å². The van der Waals surface area contributed by atoms with Crippen LogP contribution in [-0.4, -0.2) is 24.1 Å². The van der Waals surface area contributed by atoms with Gasteiger partial charge in [0.25, 0.3) is 0 Å². The van der Waals surface area contributed by atoms with Crippen LogP contribution in [0.25, 0.3) is 0 Å². The molecular weight excluding hydrogens is 240 g/mol. The molecule has 0 aliphatic rings. The quantitative estimate of drug-likeness (QED) is 0.841. The second kappa shape index (κ2) is 5.36. The van der Waals surface area contributed by atoms with E-state index in [4.69, 9.17) is 10.00 Å². The highest BCUT2D eigenvalue weighted by molar-refractivity contribution is 5.67. The van der Waals surface area contributed by atoms with Crippen LogP contribution < -0.4 is 9.64 Å². The van der Waals surface area contributed by atoms with Gasteiger partial charge >= 0.3 is 0 Å². The van der Waals surface area contributed by atoms with Crippen molar-refractivity contribution in [1.82, 2.24) is 9.97 Å². The molecule has 0 bridgehead atoms. The number of benzene rings is 1. The SMILES string of the molecule is COc1ccc(C)cc1N(C)c1cc(C#N)ncn1. The van der Waals surface area contributed by atoms with Crippen molar-refractivity contribution >= 4 is 11.5 Å². The third-order valence-electron chi connectivity index (χ3n) is 2.81. The average Bonchev–Trinajstić information content (AvgIpc) is 2.46. The molecule has 0 atom stereocenters. The van der Waals surface area contributed by atoms with Crippen molar-refractivity contribution < 1.29 is 4.74 Å². The molecule has 0 fully saturated rings. The number of aryl methyl sites for hydroxylation is 1. The van der Waals surface area contributed by atoms with Gasteiger partial charge in [-0.25, -0.2) is 9.97 Å². The normalized spacial score (nSPS) is 9.79. The summed E-state index contributed by atoms with van der Waals surface area (Å²) in [7, 11) is 3.50. The van der Waals surface area contributed by atoms with E-state index >= 15 is 0 Å². The van der Waals surface area contributed by atoms with Crippen molar-refractivity contribution in [2.75, 3.05) is 19.1 Å². The number of anilines is 2. The fourth-order valence-electron chi connectivity index (χ4n) is 1.78. The second-order valence-corrected chi connectivity index (χ2v) is 4.11. The molecule has 0 aliphatic carbocycles. The molecule has 0 radical (unpaired) electrons. The van der Waals surface area contributed by atoms with Crippen molar-refractivity contribution in [3.63, 3.8) is 0 Å². The molecule has 0 saturated carbocycles. The molecule has 2 aromatic rings. The van der Waals surface area contributed by atoms with Crippen LogP contribution in [0.1, 0.15) is 11.3 Å². The van der Waals surface area contributed by atoms with Crippen molar-refractivity contribution in [2.45, 2.75) is 6.92 Å². The van der Waals surface area contributed by atoms with E-state index in [0.29, 0.717) is 11.5 Å². The number of nitrogens with zero attached hydrogens (tertiary/aromatic N) is 4. The molecule has 2 rings (SSSR count). The van der Waals surface area contributed by atoms with Gasteiger partial charge in [0.2, 0.25) is 0 Å². The molecular formula is C14H14N4O. The minimum Gasteiger partial charge on any atom is -0.495 e. The Kier molecular flexibility index (Phi) is 3.62. The Morgan fingerprint density at radius 2 is 2.05 bits per heavy atom. The van der Waals surface area contributed by atoms with Gasteiger partial charge in [0.05, 0.1) is 12.8 Å². The maximum atomic E-state index is 8.88. The largest absolute Gasteiger partial charge is 0.495 e. The molecule has 5 nitrogen and oxygen atoms in total. The lowest BCUT2D eigenvalue weighted by Gasteiger charge is -2.21.